The van der Waals surface area contributed by atoms with E-state index in [4.69, 9.17) is 5.73 Å². The molecule has 1 rings (SSSR count). The number of hydrogen-bond donors (Lipinski definition) is 2. The van der Waals surface area contributed by atoms with Crippen LogP contribution in [0.5, 0.6) is 5.75 Å². The van der Waals surface area contributed by atoms with E-state index in [1.54, 1.807) is 0 Å². The van der Waals surface area contributed by atoms with Gasteiger partial charge in [-0.05, 0) is 6.92 Å². The number of aromatic amines is 1. The molecule has 0 amide bonds. The van der Waals surface area contributed by atoms with Gasteiger partial charge in [0.05, 0.1) is 0 Å². The first-order chi connectivity index (χ1) is 6.29. The monoisotopic (exact) mass is 208 g/mol. The number of hydrogen-bond acceptors (Lipinski definition) is 3. The summed E-state index contributed by atoms with van der Waals surface area (Å²) in [5, 5.41) is 0. The maximum atomic E-state index is 11.8. The molecular weight excluding hydrogens is 201 g/mol. The molecule has 0 unspecified atom stereocenters. The molecule has 0 saturated heterocycles. The van der Waals surface area contributed by atoms with Crippen LogP contribution in [0, 0.1) is 6.92 Å². The third-order valence-corrected chi connectivity index (χ3v) is 1.39. The molecule has 0 spiro atoms. The van der Waals surface area contributed by atoms with E-state index < -0.39 is 23.4 Å². The minimum atomic E-state index is -4.85. The molecule has 14 heavy (non-hydrogen) atoms. The zero-order chi connectivity index (χ0) is 10.9. The van der Waals surface area contributed by atoms with Crippen molar-refractivity contribution in [3.8, 4) is 5.75 Å². The number of nitrogens with two attached hydrogens (primary N) is 1. The molecule has 1 aromatic heterocycles. The normalized spacial score (nSPS) is 11.4. The Kier molecular flexibility index (Phi) is 2.41. The second-order valence-electron chi connectivity index (χ2n) is 2.61. The number of halogens is 3. The lowest BCUT2D eigenvalue weighted by Crippen LogP contribution is -2.21. The SMILES string of the molecule is Cc1cc(OC(F)(F)F)c(N)c(=O)[nH]1. The molecule has 0 aromatic carbocycles. The van der Waals surface area contributed by atoms with Gasteiger partial charge in [0.25, 0.3) is 5.56 Å². The molecule has 1 heterocycles. The lowest BCUT2D eigenvalue weighted by atomic mass is 10.3. The van der Waals surface area contributed by atoms with Crippen molar-refractivity contribution in [2.45, 2.75) is 13.3 Å². The second kappa shape index (κ2) is 3.24. The van der Waals surface area contributed by atoms with Gasteiger partial charge in [-0.2, -0.15) is 0 Å². The average molecular weight is 208 g/mol. The molecule has 1 aromatic rings. The minimum absolute atomic E-state index is 0.239. The van der Waals surface area contributed by atoms with Crippen LogP contribution in [0.1, 0.15) is 5.69 Å². The molecular formula is C7H7F3N2O2. The van der Waals surface area contributed by atoms with Crippen molar-refractivity contribution in [3.63, 3.8) is 0 Å². The number of aryl methyl sites for hydroxylation is 1. The molecule has 0 radical (unpaired) electrons. The van der Waals surface area contributed by atoms with E-state index >= 15 is 0 Å². The summed E-state index contributed by atoms with van der Waals surface area (Å²) in [6.07, 6.45) is -4.85. The molecule has 3 N–H and O–H groups in total. The van der Waals surface area contributed by atoms with E-state index in [0.717, 1.165) is 6.07 Å². The standard InChI is InChI=1S/C7H7F3N2O2/c1-3-2-4(14-7(8,9)10)5(11)6(13)12-3/h2H,11H2,1H3,(H,12,13). The largest absolute Gasteiger partial charge is 0.573 e. The smallest absolute Gasteiger partial charge is 0.403 e. The summed E-state index contributed by atoms with van der Waals surface area (Å²) >= 11 is 0. The molecule has 0 bridgehead atoms. The Balaban J connectivity index is 3.15. The number of anilines is 1. The first kappa shape index (κ1) is 10.4. The Morgan fingerprint density at radius 1 is 1.50 bits per heavy atom. The van der Waals surface area contributed by atoms with Crippen LogP contribution in [-0.2, 0) is 0 Å². The van der Waals surface area contributed by atoms with Crippen LogP contribution in [0.3, 0.4) is 0 Å². The zero-order valence-electron chi connectivity index (χ0n) is 7.11. The Hall–Kier alpha value is -1.66. The lowest BCUT2D eigenvalue weighted by molar-refractivity contribution is -0.274. The van der Waals surface area contributed by atoms with Gasteiger partial charge in [-0.3, -0.25) is 4.79 Å². The lowest BCUT2D eigenvalue weighted by Gasteiger charge is -2.10. The number of alkyl halides is 3. The first-order valence-corrected chi connectivity index (χ1v) is 3.55. The minimum Gasteiger partial charge on any atom is -0.403 e. The van der Waals surface area contributed by atoms with Crippen LogP contribution in [0.15, 0.2) is 10.9 Å². The molecule has 0 aliphatic carbocycles. The summed E-state index contributed by atoms with van der Waals surface area (Å²) in [5.74, 6) is -0.682. The molecule has 0 fully saturated rings. The molecule has 0 saturated carbocycles. The van der Waals surface area contributed by atoms with E-state index in [0.29, 0.717) is 0 Å². The summed E-state index contributed by atoms with van der Waals surface area (Å²) in [7, 11) is 0. The molecule has 0 aliphatic heterocycles. The summed E-state index contributed by atoms with van der Waals surface area (Å²) < 4.78 is 38.9. The number of ether oxygens (including phenoxy) is 1. The van der Waals surface area contributed by atoms with E-state index in [-0.39, 0.29) is 5.69 Å². The zero-order valence-corrected chi connectivity index (χ0v) is 7.11. The van der Waals surface area contributed by atoms with Gasteiger partial charge in [-0.1, -0.05) is 0 Å². The van der Waals surface area contributed by atoms with E-state index in [9.17, 15) is 18.0 Å². The van der Waals surface area contributed by atoms with Crippen LogP contribution in [0.25, 0.3) is 0 Å². The molecule has 7 heteroatoms. The van der Waals surface area contributed by atoms with Crippen molar-refractivity contribution in [1.82, 2.24) is 4.98 Å². The molecule has 0 atom stereocenters. The van der Waals surface area contributed by atoms with E-state index in [1.807, 2.05) is 0 Å². The highest BCUT2D eigenvalue weighted by Gasteiger charge is 2.32. The first-order valence-electron chi connectivity index (χ1n) is 3.55. The average Bonchev–Trinajstić information content (AvgIpc) is 1.96. The quantitative estimate of drug-likeness (QED) is 0.727. The van der Waals surface area contributed by atoms with Gasteiger partial charge in [0, 0.05) is 11.8 Å². The van der Waals surface area contributed by atoms with E-state index in [2.05, 4.69) is 9.72 Å². The van der Waals surface area contributed by atoms with Crippen molar-refractivity contribution in [3.05, 3.63) is 22.1 Å². The Morgan fingerprint density at radius 3 is 2.57 bits per heavy atom. The van der Waals surface area contributed by atoms with Crippen LogP contribution in [0.2, 0.25) is 0 Å². The van der Waals surface area contributed by atoms with Crippen LogP contribution < -0.4 is 16.0 Å². The van der Waals surface area contributed by atoms with E-state index in [1.165, 1.54) is 6.92 Å². The number of nitrogen functional groups attached to an aromatic ring is 1. The highest BCUT2D eigenvalue weighted by atomic mass is 19.4. The predicted molar refractivity (Wildman–Crippen MR) is 42.9 cm³/mol. The summed E-state index contributed by atoms with van der Waals surface area (Å²) in [5.41, 5.74) is 3.94. The van der Waals surface area contributed by atoms with Gasteiger partial charge in [-0.15, -0.1) is 13.2 Å². The predicted octanol–water partition coefficient (Wildman–Crippen LogP) is 1.16. The van der Waals surface area contributed by atoms with Crippen molar-refractivity contribution in [2.75, 3.05) is 5.73 Å². The van der Waals surface area contributed by atoms with Crippen molar-refractivity contribution in [1.29, 1.82) is 0 Å². The topological polar surface area (TPSA) is 68.1 Å². The Labute approximate surface area is 76.5 Å². The highest BCUT2D eigenvalue weighted by molar-refractivity contribution is 5.50. The van der Waals surface area contributed by atoms with Gasteiger partial charge < -0.3 is 15.5 Å². The number of nitrogens with one attached hydrogen (secondary N) is 1. The molecule has 78 valence electrons. The fourth-order valence-electron chi connectivity index (χ4n) is 0.878. The molecule has 4 nitrogen and oxygen atoms in total. The maximum absolute atomic E-state index is 11.8. The highest BCUT2D eigenvalue weighted by Crippen LogP contribution is 2.25. The summed E-state index contributed by atoms with van der Waals surface area (Å²) in [6, 6.07) is 1.00. The van der Waals surface area contributed by atoms with Crippen LogP contribution in [0.4, 0.5) is 18.9 Å². The number of pyridine rings is 1. The number of aromatic nitrogens is 1. The van der Waals surface area contributed by atoms with Gasteiger partial charge in [0.15, 0.2) is 5.75 Å². The second-order valence-corrected chi connectivity index (χ2v) is 2.61. The third kappa shape index (κ3) is 2.41. The van der Waals surface area contributed by atoms with Gasteiger partial charge in [0.2, 0.25) is 0 Å². The third-order valence-electron chi connectivity index (χ3n) is 1.39. The fraction of sp³-hybridized carbons (Fsp3) is 0.286. The van der Waals surface area contributed by atoms with Crippen molar-refractivity contribution in [2.24, 2.45) is 0 Å². The van der Waals surface area contributed by atoms with Crippen LogP contribution >= 0.6 is 0 Å². The maximum Gasteiger partial charge on any atom is 0.573 e. The summed E-state index contributed by atoms with van der Waals surface area (Å²) in [6.45, 7) is 1.42. The van der Waals surface area contributed by atoms with Crippen molar-refractivity contribution >= 4 is 5.69 Å². The van der Waals surface area contributed by atoms with Crippen LogP contribution in [-0.4, -0.2) is 11.3 Å². The number of H-pyrrole nitrogens is 1. The Bertz CT molecular complexity index is 397. The molecule has 0 aliphatic rings. The van der Waals surface area contributed by atoms with Crippen molar-refractivity contribution < 1.29 is 17.9 Å². The van der Waals surface area contributed by atoms with Gasteiger partial charge in [0.1, 0.15) is 5.69 Å². The summed E-state index contributed by atoms with van der Waals surface area (Å²) in [4.78, 5) is 13.2. The van der Waals surface area contributed by atoms with Gasteiger partial charge in [-0.25, -0.2) is 0 Å². The van der Waals surface area contributed by atoms with Gasteiger partial charge >= 0.3 is 6.36 Å². The number of rotatable bonds is 1. The Morgan fingerprint density at radius 2 is 2.07 bits per heavy atom. The fourth-order valence-corrected chi connectivity index (χ4v) is 0.878.